The predicted octanol–water partition coefficient (Wildman–Crippen LogP) is 5.77. The van der Waals surface area contributed by atoms with Crippen LogP contribution in [0.5, 0.6) is 0 Å². The van der Waals surface area contributed by atoms with Crippen molar-refractivity contribution in [3.63, 3.8) is 0 Å². The van der Waals surface area contributed by atoms with Gasteiger partial charge in [0.2, 0.25) is 10.0 Å². The Hall–Kier alpha value is -1.90. The number of alkyl halides is 3. The zero-order valence-electron chi connectivity index (χ0n) is 20.0. The van der Waals surface area contributed by atoms with E-state index in [1.54, 1.807) is 0 Å². The topological polar surface area (TPSA) is 49.4 Å². The van der Waals surface area contributed by atoms with E-state index in [0.717, 1.165) is 63.9 Å². The van der Waals surface area contributed by atoms with Gasteiger partial charge in [-0.05, 0) is 86.5 Å². The van der Waals surface area contributed by atoms with Crippen LogP contribution in [0.1, 0.15) is 62.6 Å². The second-order valence-corrected chi connectivity index (χ2v) is 11.2. The Morgan fingerprint density at radius 2 is 1.71 bits per heavy atom. The Kier molecular flexibility index (Phi) is 8.82. The summed E-state index contributed by atoms with van der Waals surface area (Å²) in [6.45, 7) is 7.87. The Balaban J connectivity index is 1.38. The van der Waals surface area contributed by atoms with E-state index in [2.05, 4.69) is 47.7 Å². The first kappa shape index (κ1) is 26.7. The summed E-state index contributed by atoms with van der Waals surface area (Å²) in [6.07, 6.45) is 1.20. The minimum absolute atomic E-state index is 0.213. The van der Waals surface area contributed by atoms with Crippen molar-refractivity contribution in [3.8, 4) is 0 Å². The first-order chi connectivity index (χ1) is 16.0. The van der Waals surface area contributed by atoms with Crippen LogP contribution in [-0.2, 0) is 28.0 Å². The fourth-order valence-electron chi connectivity index (χ4n) is 4.72. The van der Waals surface area contributed by atoms with E-state index in [4.69, 9.17) is 0 Å². The fraction of sp³-hybridized carbons (Fsp3) is 0.538. The Bertz CT molecular complexity index is 1050. The maximum Gasteiger partial charge on any atom is 0.416 e. The third kappa shape index (κ3) is 6.83. The quantitative estimate of drug-likeness (QED) is 0.425. The number of benzene rings is 2. The first-order valence-electron chi connectivity index (χ1n) is 12.0. The molecule has 2 aromatic rings. The van der Waals surface area contributed by atoms with Crippen molar-refractivity contribution >= 4 is 10.0 Å². The van der Waals surface area contributed by atoms with Gasteiger partial charge in [0.15, 0.2) is 0 Å². The summed E-state index contributed by atoms with van der Waals surface area (Å²) in [5.74, 6) is 0. The normalized spacial score (nSPS) is 17.1. The molecule has 0 unspecified atom stereocenters. The predicted molar refractivity (Wildman–Crippen MR) is 129 cm³/mol. The molecule has 4 nitrogen and oxygen atoms in total. The third-order valence-electron chi connectivity index (χ3n) is 6.92. The molecule has 0 spiro atoms. The second kappa shape index (κ2) is 11.2. The molecule has 3 rings (SSSR count). The van der Waals surface area contributed by atoms with Crippen molar-refractivity contribution in [2.24, 2.45) is 0 Å². The zero-order valence-corrected chi connectivity index (χ0v) is 20.8. The molecule has 1 saturated heterocycles. The average Bonchev–Trinajstić information content (AvgIpc) is 2.82. The molecule has 1 N–H and O–H groups in total. The van der Waals surface area contributed by atoms with E-state index in [9.17, 15) is 21.6 Å². The molecule has 0 aliphatic carbocycles. The molecule has 34 heavy (non-hydrogen) atoms. The maximum absolute atomic E-state index is 12.8. The van der Waals surface area contributed by atoms with Crippen LogP contribution in [-0.4, -0.2) is 39.5 Å². The van der Waals surface area contributed by atoms with Gasteiger partial charge in [-0.15, -0.1) is 0 Å². The number of hydrogen-bond donors (Lipinski definition) is 1. The van der Waals surface area contributed by atoms with Crippen LogP contribution in [0.4, 0.5) is 13.2 Å². The van der Waals surface area contributed by atoms with Gasteiger partial charge < -0.3 is 4.90 Å². The van der Waals surface area contributed by atoms with Crippen molar-refractivity contribution in [1.82, 2.24) is 9.62 Å². The van der Waals surface area contributed by atoms with Crippen LogP contribution in [0, 0.1) is 0 Å². The number of unbranched alkanes of at least 4 members (excludes halogenated alkanes) is 2. The molecule has 1 heterocycles. The van der Waals surface area contributed by atoms with Gasteiger partial charge in [0.05, 0.1) is 10.5 Å². The maximum atomic E-state index is 12.8. The molecule has 188 valence electrons. The molecular formula is C26H35F3N2O2S. The molecule has 8 heteroatoms. The SMILES string of the molecule is CCc1ccccc1C1(C)CCN(CCCCCNS(=O)(=O)c2cccc(C(F)(F)F)c2)CC1. The van der Waals surface area contributed by atoms with Gasteiger partial charge in [0.1, 0.15) is 0 Å². The summed E-state index contributed by atoms with van der Waals surface area (Å²) >= 11 is 0. The summed E-state index contributed by atoms with van der Waals surface area (Å²) in [7, 11) is -3.96. The molecule has 0 aromatic heterocycles. The van der Waals surface area contributed by atoms with Crippen molar-refractivity contribution < 1.29 is 21.6 Å². The molecule has 2 aromatic carbocycles. The molecule has 1 aliphatic heterocycles. The minimum Gasteiger partial charge on any atom is -0.303 e. The van der Waals surface area contributed by atoms with Crippen LogP contribution in [0.3, 0.4) is 0 Å². The highest BCUT2D eigenvalue weighted by atomic mass is 32.2. The number of hydrogen-bond acceptors (Lipinski definition) is 3. The molecule has 1 aliphatic rings. The lowest BCUT2D eigenvalue weighted by atomic mass is 9.72. The van der Waals surface area contributed by atoms with Crippen molar-refractivity contribution in [3.05, 3.63) is 65.2 Å². The van der Waals surface area contributed by atoms with Gasteiger partial charge in [-0.3, -0.25) is 0 Å². The van der Waals surface area contributed by atoms with Crippen molar-refractivity contribution in [2.45, 2.75) is 68.9 Å². The summed E-state index contributed by atoms with van der Waals surface area (Å²) in [5, 5.41) is 0. The molecule has 1 fully saturated rings. The van der Waals surface area contributed by atoms with Gasteiger partial charge in [0.25, 0.3) is 0 Å². The number of rotatable bonds is 10. The van der Waals surface area contributed by atoms with Gasteiger partial charge in [0, 0.05) is 6.54 Å². The molecule has 0 amide bonds. The van der Waals surface area contributed by atoms with E-state index in [1.807, 2.05) is 0 Å². The van der Waals surface area contributed by atoms with Crippen LogP contribution in [0.2, 0.25) is 0 Å². The number of likely N-dealkylation sites (tertiary alicyclic amines) is 1. The summed E-state index contributed by atoms with van der Waals surface area (Å²) in [5.41, 5.74) is 2.16. The number of nitrogens with zero attached hydrogens (tertiary/aromatic N) is 1. The number of piperidine rings is 1. The van der Waals surface area contributed by atoms with Gasteiger partial charge >= 0.3 is 6.18 Å². The van der Waals surface area contributed by atoms with Crippen LogP contribution < -0.4 is 4.72 Å². The Morgan fingerprint density at radius 3 is 2.38 bits per heavy atom. The average molecular weight is 497 g/mol. The smallest absolute Gasteiger partial charge is 0.303 e. The fourth-order valence-corrected chi connectivity index (χ4v) is 5.84. The van der Waals surface area contributed by atoms with Crippen LogP contribution >= 0.6 is 0 Å². The number of halogens is 3. The number of nitrogens with one attached hydrogen (secondary N) is 1. The van der Waals surface area contributed by atoms with Crippen LogP contribution in [0.25, 0.3) is 0 Å². The van der Waals surface area contributed by atoms with Crippen LogP contribution in [0.15, 0.2) is 53.4 Å². The minimum atomic E-state index is -4.57. The zero-order chi connectivity index (χ0) is 24.8. The van der Waals surface area contributed by atoms with Gasteiger partial charge in [-0.25, -0.2) is 13.1 Å². The van der Waals surface area contributed by atoms with E-state index in [1.165, 1.54) is 17.2 Å². The van der Waals surface area contributed by atoms with Gasteiger partial charge in [-0.1, -0.05) is 50.6 Å². The van der Waals surface area contributed by atoms with E-state index in [0.29, 0.717) is 12.5 Å². The lowest BCUT2D eigenvalue weighted by Crippen LogP contribution is -2.41. The Morgan fingerprint density at radius 1 is 1.00 bits per heavy atom. The number of sulfonamides is 1. The summed E-state index contributed by atoms with van der Waals surface area (Å²) in [6, 6.07) is 12.6. The lowest BCUT2D eigenvalue weighted by molar-refractivity contribution is -0.137. The molecule has 0 atom stereocenters. The van der Waals surface area contributed by atoms with Crippen molar-refractivity contribution in [1.29, 1.82) is 0 Å². The van der Waals surface area contributed by atoms with Gasteiger partial charge in [-0.2, -0.15) is 13.2 Å². The number of aryl methyl sites for hydroxylation is 1. The first-order valence-corrected chi connectivity index (χ1v) is 13.5. The molecule has 0 saturated carbocycles. The monoisotopic (exact) mass is 496 g/mol. The highest BCUT2D eigenvalue weighted by molar-refractivity contribution is 7.89. The molecular weight excluding hydrogens is 461 g/mol. The third-order valence-corrected chi connectivity index (χ3v) is 8.38. The van der Waals surface area contributed by atoms with E-state index in [-0.39, 0.29) is 16.9 Å². The highest BCUT2D eigenvalue weighted by Crippen LogP contribution is 2.37. The summed E-state index contributed by atoms with van der Waals surface area (Å²) in [4.78, 5) is 2.12. The molecule has 0 bridgehead atoms. The van der Waals surface area contributed by atoms with Crippen molar-refractivity contribution in [2.75, 3.05) is 26.2 Å². The Labute approximate surface area is 201 Å². The summed E-state index contributed by atoms with van der Waals surface area (Å²) < 4.78 is 65.6. The standard InChI is InChI=1S/C26H35F3N2O2S/c1-3-21-10-5-6-13-24(21)25(2)14-18-31(19-15-25)17-8-4-7-16-30-34(32,33)23-12-9-11-22(20-23)26(27,28)29/h5-6,9-13,20,30H,3-4,7-8,14-19H2,1-2H3. The largest absolute Gasteiger partial charge is 0.416 e. The lowest BCUT2D eigenvalue weighted by Gasteiger charge is -2.41. The van der Waals surface area contributed by atoms with E-state index >= 15 is 0 Å². The highest BCUT2D eigenvalue weighted by Gasteiger charge is 2.33. The second-order valence-electron chi connectivity index (χ2n) is 9.40. The van der Waals surface area contributed by atoms with E-state index < -0.39 is 21.8 Å². The molecule has 0 radical (unpaired) electrons.